The second kappa shape index (κ2) is 8.40. The highest BCUT2D eigenvalue weighted by atomic mass is 32.1. The third-order valence-electron chi connectivity index (χ3n) is 4.58. The van der Waals surface area contributed by atoms with Crippen molar-refractivity contribution in [3.63, 3.8) is 0 Å². The number of aliphatic imine (C=N–C) groups is 1. The number of aryl methyl sites for hydroxylation is 1. The zero-order chi connectivity index (χ0) is 20.3. The number of benzene rings is 2. The fraction of sp³-hybridized carbons (Fsp3) is 0.217. The molecule has 0 unspecified atom stereocenters. The highest BCUT2D eigenvalue weighted by molar-refractivity contribution is 7.12. The van der Waals surface area contributed by atoms with Crippen molar-refractivity contribution in [2.45, 2.75) is 6.92 Å². The predicted molar refractivity (Wildman–Crippen MR) is 121 cm³/mol. The molecule has 0 aliphatic carbocycles. The van der Waals surface area contributed by atoms with E-state index >= 15 is 0 Å². The van der Waals surface area contributed by atoms with E-state index in [0.29, 0.717) is 10.6 Å². The van der Waals surface area contributed by atoms with Crippen LogP contribution in [0.5, 0.6) is 0 Å². The first-order chi connectivity index (χ1) is 13.4. The predicted octanol–water partition coefficient (Wildman–Crippen LogP) is 4.87. The summed E-state index contributed by atoms with van der Waals surface area (Å²) in [6.45, 7) is 1.94. The van der Waals surface area contributed by atoms with Gasteiger partial charge in [0.05, 0.1) is 10.6 Å². The quantitative estimate of drug-likeness (QED) is 0.582. The second-order valence-electron chi connectivity index (χ2n) is 7.08. The van der Waals surface area contributed by atoms with E-state index in [1.807, 2.05) is 105 Å². The molecule has 1 aromatic heterocycles. The Kier molecular flexibility index (Phi) is 5.95. The Bertz CT molecular complexity index is 930. The lowest BCUT2D eigenvalue weighted by Gasteiger charge is -2.15. The zero-order valence-corrected chi connectivity index (χ0v) is 17.7. The van der Waals surface area contributed by atoms with Crippen molar-refractivity contribution in [3.05, 3.63) is 81.5 Å². The van der Waals surface area contributed by atoms with E-state index in [0.717, 1.165) is 28.1 Å². The van der Waals surface area contributed by atoms with Gasteiger partial charge in [0, 0.05) is 50.7 Å². The van der Waals surface area contributed by atoms with Gasteiger partial charge in [-0.25, -0.2) is 4.99 Å². The van der Waals surface area contributed by atoms with Crippen molar-refractivity contribution in [1.29, 1.82) is 0 Å². The number of hydrogen-bond donors (Lipinski definition) is 0. The maximum absolute atomic E-state index is 12.8. The highest BCUT2D eigenvalue weighted by Gasteiger charge is 2.14. The average molecular weight is 392 g/mol. The van der Waals surface area contributed by atoms with E-state index in [2.05, 4.69) is 4.99 Å². The lowest BCUT2D eigenvalue weighted by Crippen LogP contribution is -2.11. The summed E-state index contributed by atoms with van der Waals surface area (Å²) in [6.07, 6.45) is 0. The monoisotopic (exact) mass is 391 g/mol. The number of hydrogen-bond acceptors (Lipinski definition) is 4. The van der Waals surface area contributed by atoms with Crippen molar-refractivity contribution in [2.24, 2.45) is 4.99 Å². The third kappa shape index (κ3) is 4.31. The molecule has 0 bridgehead atoms. The lowest BCUT2D eigenvalue weighted by atomic mass is 10.0. The van der Waals surface area contributed by atoms with E-state index in [4.69, 9.17) is 0 Å². The Morgan fingerprint density at radius 3 is 1.61 bits per heavy atom. The number of anilines is 2. The molecule has 0 spiro atoms. The molecule has 4 nitrogen and oxygen atoms in total. The molecule has 2 aromatic carbocycles. The number of thiophene rings is 1. The molecule has 3 aromatic rings. The molecule has 28 heavy (non-hydrogen) atoms. The first-order valence-electron chi connectivity index (χ1n) is 9.09. The second-order valence-corrected chi connectivity index (χ2v) is 8.00. The summed E-state index contributed by atoms with van der Waals surface area (Å²) in [5, 5.41) is 1.93. The molecule has 0 saturated heterocycles. The number of carbonyl (C=O) groups excluding carboxylic acids is 1. The van der Waals surface area contributed by atoms with Crippen LogP contribution in [0.15, 0.2) is 65.0 Å². The van der Waals surface area contributed by atoms with Crippen LogP contribution in [0.2, 0.25) is 0 Å². The first kappa shape index (κ1) is 19.8. The highest BCUT2D eigenvalue weighted by Crippen LogP contribution is 2.21. The van der Waals surface area contributed by atoms with Crippen molar-refractivity contribution >= 4 is 34.3 Å². The molecule has 1 heterocycles. The van der Waals surface area contributed by atoms with Gasteiger partial charge in [-0.2, -0.15) is 0 Å². The van der Waals surface area contributed by atoms with Crippen LogP contribution in [0.25, 0.3) is 0 Å². The molecule has 3 rings (SSSR count). The summed E-state index contributed by atoms with van der Waals surface area (Å²) in [4.78, 5) is 22.2. The van der Waals surface area contributed by atoms with Crippen LogP contribution < -0.4 is 9.80 Å². The van der Waals surface area contributed by atoms with Gasteiger partial charge >= 0.3 is 0 Å². The molecular formula is C23H25N3OS. The maximum Gasteiger partial charge on any atom is 0.287 e. The van der Waals surface area contributed by atoms with Gasteiger partial charge in [0.15, 0.2) is 0 Å². The number of nitrogens with zero attached hydrogens (tertiary/aromatic N) is 3. The SMILES string of the molecule is Cc1ccsc1C(=O)N=C(c1ccc(N(C)C)cc1)c1ccc(N(C)C)cc1. The van der Waals surface area contributed by atoms with Gasteiger partial charge in [-0.1, -0.05) is 24.3 Å². The van der Waals surface area contributed by atoms with Gasteiger partial charge in [0.1, 0.15) is 0 Å². The van der Waals surface area contributed by atoms with Crippen LogP contribution in [0.1, 0.15) is 26.4 Å². The molecule has 1 amide bonds. The van der Waals surface area contributed by atoms with E-state index in [1.54, 1.807) is 0 Å². The van der Waals surface area contributed by atoms with Crippen molar-refractivity contribution in [3.8, 4) is 0 Å². The minimum Gasteiger partial charge on any atom is -0.378 e. The molecule has 0 radical (unpaired) electrons. The van der Waals surface area contributed by atoms with Crippen LogP contribution in [0, 0.1) is 6.92 Å². The Morgan fingerprint density at radius 2 is 1.25 bits per heavy atom. The van der Waals surface area contributed by atoms with Crippen molar-refractivity contribution < 1.29 is 4.79 Å². The summed E-state index contributed by atoms with van der Waals surface area (Å²) >= 11 is 1.43. The fourth-order valence-corrected chi connectivity index (χ4v) is 3.68. The molecule has 5 heteroatoms. The Balaban J connectivity index is 2.06. The topological polar surface area (TPSA) is 35.9 Å². The Hall–Kier alpha value is -2.92. The standard InChI is InChI=1S/C23H25N3OS/c1-16-14-15-28-22(16)23(27)24-21(17-6-10-19(11-7-17)25(2)3)18-8-12-20(13-9-18)26(4)5/h6-15H,1-5H3. The summed E-state index contributed by atoms with van der Waals surface area (Å²) < 4.78 is 0. The largest absolute Gasteiger partial charge is 0.378 e. The fourth-order valence-electron chi connectivity index (χ4n) is 2.87. The van der Waals surface area contributed by atoms with Gasteiger partial charge < -0.3 is 9.80 Å². The number of rotatable bonds is 5. The van der Waals surface area contributed by atoms with E-state index in [9.17, 15) is 4.79 Å². The molecule has 0 atom stereocenters. The van der Waals surface area contributed by atoms with Crippen LogP contribution in [0.3, 0.4) is 0 Å². The van der Waals surface area contributed by atoms with E-state index < -0.39 is 0 Å². The van der Waals surface area contributed by atoms with Crippen LogP contribution in [-0.4, -0.2) is 39.8 Å². The summed E-state index contributed by atoms with van der Waals surface area (Å²) in [6, 6.07) is 18.2. The van der Waals surface area contributed by atoms with E-state index in [1.165, 1.54) is 11.3 Å². The molecule has 144 valence electrons. The normalized spacial score (nSPS) is 10.5. The molecule has 0 aliphatic rings. The third-order valence-corrected chi connectivity index (χ3v) is 5.59. The van der Waals surface area contributed by atoms with Gasteiger partial charge in [0.2, 0.25) is 0 Å². The van der Waals surface area contributed by atoms with Crippen LogP contribution >= 0.6 is 11.3 Å². The summed E-state index contributed by atoms with van der Waals surface area (Å²) in [5.41, 5.74) is 5.70. The molecule has 0 N–H and O–H groups in total. The van der Waals surface area contributed by atoms with E-state index in [-0.39, 0.29) is 5.91 Å². The Labute approximate surface area is 170 Å². The van der Waals surface area contributed by atoms with Crippen LogP contribution in [0.4, 0.5) is 11.4 Å². The molecule has 0 aliphatic heterocycles. The average Bonchev–Trinajstić information content (AvgIpc) is 3.12. The molecule has 0 fully saturated rings. The molecule has 0 saturated carbocycles. The minimum atomic E-state index is -0.198. The number of amides is 1. The smallest absolute Gasteiger partial charge is 0.287 e. The van der Waals surface area contributed by atoms with Crippen molar-refractivity contribution in [2.75, 3.05) is 38.0 Å². The van der Waals surface area contributed by atoms with Gasteiger partial charge in [0.25, 0.3) is 5.91 Å². The lowest BCUT2D eigenvalue weighted by molar-refractivity contribution is 0.101. The number of carbonyl (C=O) groups is 1. The maximum atomic E-state index is 12.8. The van der Waals surface area contributed by atoms with Gasteiger partial charge in [-0.15, -0.1) is 11.3 Å². The minimum absolute atomic E-state index is 0.198. The summed E-state index contributed by atoms with van der Waals surface area (Å²) in [5.74, 6) is -0.198. The first-order valence-corrected chi connectivity index (χ1v) is 9.97. The zero-order valence-electron chi connectivity index (χ0n) is 16.9. The molecular weight excluding hydrogens is 366 g/mol. The van der Waals surface area contributed by atoms with Crippen molar-refractivity contribution in [1.82, 2.24) is 0 Å². The Morgan fingerprint density at radius 1 is 0.786 bits per heavy atom. The van der Waals surface area contributed by atoms with Gasteiger partial charge in [-0.05, 0) is 48.2 Å². The summed E-state index contributed by atoms with van der Waals surface area (Å²) in [7, 11) is 8.03. The van der Waals surface area contributed by atoms with Crippen LogP contribution in [-0.2, 0) is 0 Å². The van der Waals surface area contributed by atoms with Gasteiger partial charge in [-0.3, -0.25) is 4.79 Å².